The Bertz CT molecular complexity index is 617. The zero-order valence-electron chi connectivity index (χ0n) is 14.3. The maximum Gasteiger partial charge on any atom is 0.206 e. The van der Waals surface area contributed by atoms with Crippen LogP contribution < -0.4 is 11.2 Å². The average molecular weight is 328 g/mol. The Morgan fingerprint density at radius 2 is 2.12 bits per heavy atom. The molecular formula is C19H28N4O. The first-order valence-corrected chi connectivity index (χ1v) is 8.82. The molecule has 130 valence electrons. The molecule has 1 aromatic rings. The molecular weight excluding hydrogens is 300 g/mol. The first kappa shape index (κ1) is 17.0. The normalized spacial score (nSPS) is 35.8. The van der Waals surface area contributed by atoms with E-state index >= 15 is 0 Å². The molecule has 2 aliphatic rings. The molecule has 0 bridgehead atoms. The van der Waals surface area contributed by atoms with Crippen LogP contribution in [0.5, 0.6) is 0 Å². The molecule has 2 fully saturated rings. The van der Waals surface area contributed by atoms with Crippen LogP contribution >= 0.6 is 0 Å². The van der Waals surface area contributed by atoms with Crippen LogP contribution in [0.4, 0.5) is 0 Å². The molecule has 5 nitrogen and oxygen atoms in total. The van der Waals surface area contributed by atoms with Gasteiger partial charge in [0.05, 0.1) is 5.60 Å². The topological polar surface area (TPSA) is 94.5 Å². The van der Waals surface area contributed by atoms with Gasteiger partial charge in [-0.1, -0.05) is 37.3 Å². The molecule has 2 aliphatic carbocycles. The average Bonchev–Trinajstić information content (AvgIpc) is 2.80. The van der Waals surface area contributed by atoms with Crippen molar-refractivity contribution >= 4 is 12.2 Å². The molecule has 4 atom stereocenters. The fourth-order valence-corrected chi connectivity index (χ4v) is 4.74. The van der Waals surface area contributed by atoms with E-state index in [9.17, 15) is 5.11 Å². The number of hydrogen-bond acceptors (Lipinski definition) is 3. The minimum absolute atomic E-state index is 0.137. The molecule has 3 rings (SSSR count). The summed E-state index contributed by atoms with van der Waals surface area (Å²) >= 11 is 0. The lowest BCUT2D eigenvalue weighted by atomic mass is 9.59. The molecule has 24 heavy (non-hydrogen) atoms. The van der Waals surface area contributed by atoms with Crippen LogP contribution in [0.15, 0.2) is 35.4 Å². The van der Waals surface area contributed by atoms with Gasteiger partial charge in [-0.2, -0.15) is 5.10 Å². The molecule has 0 amide bonds. The Kier molecular flexibility index (Phi) is 4.63. The van der Waals surface area contributed by atoms with Crippen molar-refractivity contribution in [2.45, 2.75) is 51.0 Å². The van der Waals surface area contributed by atoms with Crippen LogP contribution in [-0.2, 0) is 6.42 Å². The summed E-state index contributed by atoms with van der Waals surface area (Å²) in [4.78, 5) is 0. The maximum absolute atomic E-state index is 11.3. The highest BCUT2D eigenvalue weighted by atomic mass is 16.3. The fourth-order valence-electron chi connectivity index (χ4n) is 4.74. The highest BCUT2D eigenvalue weighted by Gasteiger charge is 2.58. The smallest absolute Gasteiger partial charge is 0.206 e. The van der Waals surface area contributed by atoms with E-state index in [0.717, 1.165) is 38.5 Å². The number of aliphatic hydroxyl groups is 1. The number of rotatable bonds is 4. The van der Waals surface area contributed by atoms with Crippen LogP contribution in [0.25, 0.3) is 0 Å². The summed E-state index contributed by atoms with van der Waals surface area (Å²) in [6, 6.07) is 10.6. The molecule has 1 aromatic carbocycles. The van der Waals surface area contributed by atoms with E-state index in [-0.39, 0.29) is 17.3 Å². The SMILES string of the molecule is C[C@]12CC[C@H](Cc3ccccc3)C[C@@]1(O)CC[C@@H]2C=NNC(=N)N. The van der Waals surface area contributed by atoms with E-state index in [1.165, 1.54) is 5.56 Å². The number of nitrogens with zero attached hydrogens (tertiary/aromatic N) is 1. The van der Waals surface area contributed by atoms with E-state index in [0.29, 0.717) is 5.92 Å². The highest BCUT2D eigenvalue weighted by Crippen LogP contribution is 2.58. The molecule has 0 unspecified atom stereocenters. The van der Waals surface area contributed by atoms with E-state index in [1.54, 1.807) is 0 Å². The lowest BCUT2D eigenvalue weighted by Gasteiger charge is -2.48. The standard InChI is InChI=1S/C19H28N4O/c1-18-9-7-15(11-14-5-3-2-4-6-14)12-19(18,24)10-8-16(18)13-22-23-17(20)21/h2-6,13,15-16,24H,7-12H2,1H3,(H4,20,21,23)/t15-,16-,18-,19+/m1/s1. The maximum atomic E-state index is 11.3. The summed E-state index contributed by atoms with van der Waals surface area (Å²) in [5, 5.41) is 22.6. The summed E-state index contributed by atoms with van der Waals surface area (Å²) in [7, 11) is 0. The fraction of sp³-hybridized carbons (Fsp3) is 0.579. The zero-order chi connectivity index (χ0) is 17.2. The Balaban J connectivity index is 1.68. The van der Waals surface area contributed by atoms with Gasteiger partial charge in [-0.05, 0) is 50.0 Å². The third kappa shape index (κ3) is 3.18. The van der Waals surface area contributed by atoms with Crippen LogP contribution in [-0.4, -0.2) is 22.9 Å². The van der Waals surface area contributed by atoms with Crippen molar-refractivity contribution in [3.05, 3.63) is 35.9 Å². The van der Waals surface area contributed by atoms with E-state index in [2.05, 4.69) is 41.7 Å². The zero-order valence-corrected chi connectivity index (χ0v) is 14.3. The minimum atomic E-state index is -0.613. The quantitative estimate of drug-likeness (QED) is 0.389. The van der Waals surface area contributed by atoms with Gasteiger partial charge in [0.2, 0.25) is 5.96 Å². The van der Waals surface area contributed by atoms with Gasteiger partial charge in [-0.3, -0.25) is 5.41 Å². The number of guanidine groups is 1. The van der Waals surface area contributed by atoms with Crippen LogP contribution in [0.2, 0.25) is 0 Å². The second-order valence-electron chi connectivity index (χ2n) is 7.70. The van der Waals surface area contributed by atoms with Gasteiger partial charge in [0, 0.05) is 17.5 Å². The monoisotopic (exact) mass is 328 g/mol. The Hall–Kier alpha value is -1.88. The molecule has 2 saturated carbocycles. The van der Waals surface area contributed by atoms with Crippen LogP contribution in [0.3, 0.4) is 0 Å². The molecule has 5 N–H and O–H groups in total. The van der Waals surface area contributed by atoms with Crippen molar-refractivity contribution in [1.82, 2.24) is 5.43 Å². The van der Waals surface area contributed by atoms with Crippen molar-refractivity contribution in [1.29, 1.82) is 5.41 Å². The Morgan fingerprint density at radius 1 is 1.38 bits per heavy atom. The number of benzene rings is 1. The summed E-state index contributed by atoms with van der Waals surface area (Å²) in [6.07, 6.45) is 7.67. The van der Waals surface area contributed by atoms with E-state index in [1.807, 2.05) is 12.3 Å². The summed E-state index contributed by atoms with van der Waals surface area (Å²) < 4.78 is 0. The third-order valence-electron chi connectivity index (χ3n) is 6.26. The second kappa shape index (κ2) is 6.55. The summed E-state index contributed by atoms with van der Waals surface area (Å²) in [6.45, 7) is 2.20. The van der Waals surface area contributed by atoms with Crippen LogP contribution in [0, 0.1) is 22.7 Å². The number of hydrogen-bond donors (Lipinski definition) is 4. The van der Waals surface area contributed by atoms with Crippen LogP contribution in [0.1, 0.15) is 44.6 Å². The second-order valence-corrected chi connectivity index (χ2v) is 7.70. The van der Waals surface area contributed by atoms with Gasteiger partial charge < -0.3 is 10.8 Å². The predicted molar refractivity (Wildman–Crippen MR) is 96.8 cm³/mol. The van der Waals surface area contributed by atoms with Crippen molar-refractivity contribution in [2.24, 2.45) is 28.1 Å². The van der Waals surface area contributed by atoms with E-state index in [4.69, 9.17) is 11.1 Å². The van der Waals surface area contributed by atoms with Crippen molar-refractivity contribution in [3.63, 3.8) is 0 Å². The predicted octanol–water partition coefficient (Wildman–Crippen LogP) is 2.65. The van der Waals surface area contributed by atoms with Gasteiger partial charge in [0.1, 0.15) is 0 Å². The first-order chi connectivity index (χ1) is 11.4. The molecule has 0 aromatic heterocycles. The molecule has 0 radical (unpaired) electrons. The van der Waals surface area contributed by atoms with Gasteiger partial charge in [0.25, 0.3) is 0 Å². The number of fused-ring (bicyclic) bond motifs is 1. The molecule has 0 saturated heterocycles. The largest absolute Gasteiger partial charge is 0.389 e. The van der Waals surface area contributed by atoms with Gasteiger partial charge in [0.15, 0.2) is 0 Å². The summed E-state index contributed by atoms with van der Waals surface area (Å²) in [5.41, 5.74) is 8.36. The minimum Gasteiger partial charge on any atom is -0.389 e. The lowest BCUT2D eigenvalue weighted by molar-refractivity contribution is -0.106. The van der Waals surface area contributed by atoms with Gasteiger partial charge >= 0.3 is 0 Å². The molecule has 0 heterocycles. The number of hydrazone groups is 1. The van der Waals surface area contributed by atoms with Crippen molar-refractivity contribution < 1.29 is 5.11 Å². The molecule has 0 spiro atoms. The third-order valence-corrected chi connectivity index (χ3v) is 6.26. The molecule has 0 aliphatic heterocycles. The highest BCUT2D eigenvalue weighted by molar-refractivity contribution is 5.75. The lowest BCUT2D eigenvalue weighted by Crippen LogP contribution is -2.50. The van der Waals surface area contributed by atoms with Gasteiger partial charge in [-0.15, -0.1) is 0 Å². The first-order valence-electron chi connectivity index (χ1n) is 8.82. The van der Waals surface area contributed by atoms with E-state index < -0.39 is 5.60 Å². The van der Waals surface area contributed by atoms with Gasteiger partial charge in [-0.25, -0.2) is 5.43 Å². The summed E-state index contributed by atoms with van der Waals surface area (Å²) in [5.74, 6) is 0.611. The molecule has 5 heteroatoms. The Morgan fingerprint density at radius 3 is 2.83 bits per heavy atom. The van der Waals surface area contributed by atoms with Crippen molar-refractivity contribution in [2.75, 3.05) is 0 Å². The van der Waals surface area contributed by atoms with Crippen molar-refractivity contribution in [3.8, 4) is 0 Å². The number of nitrogens with two attached hydrogens (primary N) is 1. The Labute approximate surface area is 143 Å². The number of nitrogens with one attached hydrogen (secondary N) is 2.